The van der Waals surface area contributed by atoms with Gasteiger partial charge < -0.3 is 10.1 Å². The van der Waals surface area contributed by atoms with Gasteiger partial charge in [-0.05, 0) is 49.4 Å². The van der Waals surface area contributed by atoms with Crippen LogP contribution in [-0.2, 0) is 0 Å². The van der Waals surface area contributed by atoms with Gasteiger partial charge in [0, 0.05) is 27.4 Å². The van der Waals surface area contributed by atoms with E-state index in [9.17, 15) is 9.59 Å². The Hall–Kier alpha value is -3.35. The summed E-state index contributed by atoms with van der Waals surface area (Å²) in [6, 6.07) is 16.9. The van der Waals surface area contributed by atoms with Crippen LogP contribution in [0.1, 0.15) is 31.8 Å². The first-order chi connectivity index (χ1) is 14.9. The SMILES string of the molecule is COc1c(Cl)cc(Cl)cc1/C=N/NC(=O)c1cccc(NC(=O)c2ccc(C)cc2)c1. The number of hydrogen-bond donors (Lipinski definition) is 2. The van der Waals surface area contributed by atoms with Gasteiger partial charge in [0.15, 0.2) is 0 Å². The first kappa shape index (κ1) is 22.3. The van der Waals surface area contributed by atoms with E-state index in [0.29, 0.717) is 38.2 Å². The highest BCUT2D eigenvalue weighted by Crippen LogP contribution is 2.31. The van der Waals surface area contributed by atoms with Gasteiger partial charge in [0.2, 0.25) is 0 Å². The molecule has 0 aromatic heterocycles. The van der Waals surface area contributed by atoms with Crippen molar-refractivity contribution in [3.05, 3.63) is 93.0 Å². The molecule has 0 aliphatic heterocycles. The van der Waals surface area contributed by atoms with Gasteiger partial charge in [-0.2, -0.15) is 5.10 Å². The van der Waals surface area contributed by atoms with E-state index in [2.05, 4.69) is 15.8 Å². The number of nitrogens with zero attached hydrogens (tertiary/aromatic N) is 1. The summed E-state index contributed by atoms with van der Waals surface area (Å²) in [5.41, 5.74) is 5.36. The zero-order valence-corrected chi connectivity index (χ0v) is 18.3. The number of hydrogen-bond acceptors (Lipinski definition) is 4. The molecule has 8 heteroatoms. The van der Waals surface area contributed by atoms with Crippen LogP contribution in [0.3, 0.4) is 0 Å². The van der Waals surface area contributed by atoms with Gasteiger partial charge in [0.25, 0.3) is 11.8 Å². The lowest BCUT2D eigenvalue weighted by molar-refractivity contribution is 0.0953. The molecule has 2 amide bonds. The van der Waals surface area contributed by atoms with Crippen LogP contribution in [0.15, 0.2) is 65.8 Å². The molecule has 0 atom stereocenters. The Bertz CT molecular complexity index is 1150. The predicted molar refractivity (Wildman–Crippen MR) is 124 cm³/mol. The summed E-state index contributed by atoms with van der Waals surface area (Å²) in [5.74, 6) is -0.319. The Morgan fingerprint density at radius 1 is 0.968 bits per heavy atom. The molecule has 0 spiro atoms. The second-order valence-corrected chi connectivity index (χ2v) is 7.45. The Kier molecular flexibility index (Phi) is 7.28. The highest BCUT2D eigenvalue weighted by atomic mass is 35.5. The number of methoxy groups -OCH3 is 1. The fraction of sp³-hybridized carbons (Fsp3) is 0.0870. The van der Waals surface area contributed by atoms with Crippen molar-refractivity contribution in [1.82, 2.24) is 5.43 Å². The molecule has 0 saturated carbocycles. The average molecular weight is 456 g/mol. The molecule has 0 unspecified atom stereocenters. The maximum Gasteiger partial charge on any atom is 0.271 e. The van der Waals surface area contributed by atoms with Crippen molar-refractivity contribution in [2.45, 2.75) is 6.92 Å². The molecule has 2 N–H and O–H groups in total. The smallest absolute Gasteiger partial charge is 0.271 e. The average Bonchev–Trinajstić information content (AvgIpc) is 2.74. The number of hydrazone groups is 1. The van der Waals surface area contributed by atoms with Gasteiger partial charge in [-0.25, -0.2) is 5.43 Å². The van der Waals surface area contributed by atoms with Gasteiger partial charge in [0.05, 0.1) is 18.3 Å². The molecule has 0 aliphatic carbocycles. The normalized spacial score (nSPS) is 10.7. The molecule has 158 valence electrons. The predicted octanol–water partition coefficient (Wildman–Crippen LogP) is 5.33. The molecule has 31 heavy (non-hydrogen) atoms. The van der Waals surface area contributed by atoms with Crippen LogP contribution in [0.4, 0.5) is 5.69 Å². The topological polar surface area (TPSA) is 79.8 Å². The molecule has 0 aliphatic rings. The number of rotatable bonds is 6. The van der Waals surface area contributed by atoms with Gasteiger partial charge in [-0.15, -0.1) is 0 Å². The van der Waals surface area contributed by atoms with Crippen molar-refractivity contribution in [3.8, 4) is 5.75 Å². The van der Waals surface area contributed by atoms with E-state index in [1.807, 2.05) is 19.1 Å². The summed E-state index contributed by atoms with van der Waals surface area (Å²) < 4.78 is 5.23. The summed E-state index contributed by atoms with van der Waals surface area (Å²) in [5, 5.41) is 7.47. The summed E-state index contributed by atoms with van der Waals surface area (Å²) >= 11 is 12.1. The highest BCUT2D eigenvalue weighted by Gasteiger charge is 2.10. The molecular weight excluding hydrogens is 437 g/mol. The van der Waals surface area contributed by atoms with Gasteiger partial charge in [-0.1, -0.05) is 47.0 Å². The van der Waals surface area contributed by atoms with Crippen LogP contribution in [0.2, 0.25) is 10.0 Å². The number of amides is 2. The van der Waals surface area contributed by atoms with E-state index >= 15 is 0 Å². The van der Waals surface area contributed by atoms with Gasteiger partial charge in [-0.3, -0.25) is 9.59 Å². The van der Waals surface area contributed by atoms with Crippen molar-refractivity contribution in [2.75, 3.05) is 12.4 Å². The fourth-order valence-corrected chi connectivity index (χ4v) is 3.35. The fourth-order valence-electron chi connectivity index (χ4n) is 2.76. The lowest BCUT2D eigenvalue weighted by Crippen LogP contribution is -2.18. The lowest BCUT2D eigenvalue weighted by Gasteiger charge is -2.08. The number of carbonyl (C=O) groups excluding carboxylic acids is 2. The van der Waals surface area contributed by atoms with Crippen molar-refractivity contribution in [1.29, 1.82) is 0 Å². The van der Waals surface area contributed by atoms with Gasteiger partial charge in [0.1, 0.15) is 5.75 Å². The van der Waals surface area contributed by atoms with Crippen molar-refractivity contribution >= 4 is 46.9 Å². The van der Waals surface area contributed by atoms with Crippen LogP contribution >= 0.6 is 23.2 Å². The van der Waals surface area contributed by atoms with E-state index in [0.717, 1.165) is 5.56 Å². The zero-order chi connectivity index (χ0) is 22.4. The monoisotopic (exact) mass is 455 g/mol. The molecular formula is C23H19Cl2N3O3. The highest BCUT2D eigenvalue weighted by molar-refractivity contribution is 6.36. The summed E-state index contributed by atoms with van der Waals surface area (Å²) in [7, 11) is 1.47. The van der Waals surface area contributed by atoms with E-state index in [-0.39, 0.29) is 5.91 Å². The third-order valence-corrected chi connectivity index (χ3v) is 4.81. The zero-order valence-electron chi connectivity index (χ0n) is 16.8. The third-order valence-electron chi connectivity index (χ3n) is 4.31. The summed E-state index contributed by atoms with van der Waals surface area (Å²) in [6.45, 7) is 1.95. The number of carbonyl (C=O) groups is 2. The van der Waals surface area contributed by atoms with E-state index in [1.165, 1.54) is 13.3 Å². The largest absolute Gasteiger partial charge is 0.495 e. The second-order valence-electron chi connectivity index (χ2n) is 6.61. The second kappa shape index (κ2) is 10.1. The number of benzene rings is 3. The standard InChI is InChI=1S/C23H19Cl2N3O3/c1-14-6-8-15(9-7-14)22(29)27-19-5-3-4-16(11-19)23(30)28-26-13-17-10-18(24)12-20(25)21(17)31-2/h3-13H,1-2H3,(H,27,29)(H,28,30)/b26-13+. The van der Waals surface area contributed by atoms with Crippen molar-refractivity contribution in [3.63, 3.8) is 0 Å². The number of anilines is 1. The minimum absolute atomic E-state index is 0.263. The molecule has 0 bridgehead atoms. The summed E-state index contributed by atoms with van der Waals surface area (Å²) in [6.07, 6.45) is 1.39. The Labute approximate surface area is 189 Å². The first-order valence-electron chi connectivity index (χ1n) is 9.22. The van der Waals surface area contributed by atoms with Crippen molar-refractivity contribution in [2.24, 2.45) is 5.10 Å². The minimum Gasteiger partial charge on any atom is -0.495 e. The van der Waals surface area contributed by atoms with E-state index in [1.54, 1.807) is 48.5 Å². The molecule has 0 heterocycles. The number of ether oxygens (including phenoxy) is 1. The minimum atomic E-state index is -0.449. The molecule has 3 aromatic rings. The van der Waals surface area contributed by atoms with E-state index in [4.69, 9.17) is 27.9 Å². The van der Waals surface area contributed by atoms with Crippen LogP contribution in [0.5, 0.6) is 5.75 Å². The maximum atomic E-state index is 12.4. The lowest BCUT2D eigenvalue weighted by atomic mass is 10.1. The number of halogens is 2. The summed E-state index contributed by atoms with van der Waals surface area (Å²) in [4.78, 5) is 24.8. The number of aryl methyl sites for hydroxylation is 1. The van der Waals surface area contributed by atoms with Crippen LogP contribution < -0.4 is 15.5 Å². The van der Waals surface area contributed by atoms with Crippen LogP contribution in [-0.4, -0.2) is 25.1 Å². The molecule has 3 aromatic carbocycles. The maximum absolute atomic E-state index is 12.4. The van der Waals surface area contributed by atoms with Crippen LogP contribution in [0.25, 0.3) is 0 Å². The molecule has 0 saturated heterocycles. The molecule has 0 radical (unpaired) electrons. The third kappa shape index (κ3) is 5.84. The first-order valence-corrected chi connectivity index (χ1v) is 9.97. The number of nitrogens with one attached hydrogen (secondary N) is 2. The Morgan fingerprint density at radius 3 is 2.42 bits per heavy atom. The van der Waals surface area contributed by atoms with E-state index < -0.39 is 5.91 Å². The Balaban J connectivity index is 1.68. The van der Waals surface area contributed by atoms with Crippen LogP contribution in [0, 0.1) is 6.92 Å². The Morgan fingerprint density at radius 2 is 1.71 bits per heavy atom. The molecule has 3 rings (SSSR count). The van der Waals surface area contributed by atoms with Crippen molar-refractivity contribution < 1.29 is 14.3 Å². The quantitative estimate of drug-likeness (QED) is 0.389. The molecule has 6 nitrogen and oxygen atoms in total. The molecule has 0 fully saturated rings. The van der Waals surface area contributed by atoms with Gasteiger partial charge >= 0.3 is 0 Å².